The fourth-order valence-corrected chi connectivity index (χ4v) is 1.09. The third-order valence-electron chi connectivity index (χ3n) is 1.72. The van der Waals surface area contributed by atoms with Crippen LogP contribution in [-0.2, 0) is 0 Å². The van der Waals surface area contributed by atoms with E-state index in [1.807, 2.05) is 0 Å². The van der Waals surface area contributed by atoms with E-state index in [2.05, 4.69) is 5.32 Å². The van der Waals surface area contributed by atoms with E-state index in [9.17, 15) is 8.78 Å². The first-order valence-electron chi connectivity index (χ1n) is 3.30. The highest BCUT2D eigenvalue weighted by molar-refractivity contribution is 4.89. The number of alkyl halides is 2. The highest BCUT2D eigenvalue weighted by Gasteiger charge is 2.40. The quantitative estimate of drug-likeness (QED) is 0.567. The molecule has 1 aliphatic heterocycles. The fraction of sp³-hybridized carbons (Fsp3) is 1.00. The summed E-state index contributed by atoms with van der Waals surface area (Å²) in [4.78, 5) is 0. The normalized spacial score (nSPS) is 34.2. The number of halogens is 2. The van der Waals surface area contributed by atoms with Gasteiger partial charge in [0.05, 0.1) is 12.6 Å². The van der Waals surface area contributed by atoms with Crippen LogP contribution in [0.5, 0.6) is 0 Å². The Morgan fingerprint density at radius 1 is 1.70 bits per heavy atom. The Morgan fingerprint density at radius 3 is 2.50 bits per heavy atom. The third kappa shape index (κ3) is 1.64. The van der Waals surface area contributed by atoms with Gasteiger partial charge in [0.1, 0.15) is 0 Å². The summed E-state index contributed by atoms with van der Waals surface area (Å²) < 4.78 is 24.8. The first kappa shape index (κ1) is 7.88. The minimum absolute atomic E-state index is 0.245. The molecule has 1 saturated heterocycles. The molecule has 0 aromatic carbocycles. The molecule has 2 N–H and O–H groups in total. The molecule has 0 bridgehead atoms. The smallest absolute Gasteiger partial charge is 0.261 e. The van der Waals surface area contributed by atoms with Gasteiger partial charge in [-0.05, 0) is 6.92 Å². The topological polar surface area (TPSA) is 32.3 Å². The lowest BCUT2D eigenvalue weighted by atomic mass is 10.1. The van der Waals surface area contributed by atoms with Crippen molar-refractivity contribution < 1.29 is 13.9 Å². The first-order chi connectivity index (χ1) is 4.51. The van der Waals surface area contributed by atoms with E-state index >= 15 is 0 Å². The van der Waals surface area contributed by atoms with Crippen LogP contribution in [0.25, 0.3) is 0 Å². The number of hydrogen-bond donors (Lipinski definition) is 2. The Kier molecular flexibility index (Phi) is 1.92. The van der Waals surface area contributed by atoms with Gasteiger partial charge >= 0.3 is 0 Å². The molecule has 0 spiro atoms. The van der Waals surface area contributed by atoms with E-state index in [1.54, 1.807) is 0 Å². The van der Waals surface area contributed by atoms with Gasteiger partial charge in [-0.3, -0.25) is 0 Å². The molecule has 1 rings (SSSR count). The molecule has 0 amide bonds. The number of nitrogens with one attached hydrogen (secondary N) is 1. The second-order valence-electron chi connectivity index (χ2n) is 2.79. The maximum atomic E-state index is 12.4. The summed E-state index contributed by atoms with van der Waals surface area (Å²) in [6, 6.07) is -0.435. The number of aliphatic hydroxyl groups excluding tert-OH is 1. The summed E-state index contributed by atoms with van der Waals surface area (Å²) in [5.41, 5.74) is 0. The second-order valence-corrected chi connectivity index (χ2v) is 2.79. The third-order valence-corrected chi connectivity index (χ3v) is 1.72. The van der Waals surface area contributed by atoms with Crippen molar-refractivity contribution in [3.05, 3.63) is 0 Å². The molecule has 2 nitrogen and oxygen atoms in total. The largest absolute Gasteiger partial charge is 0.392 e. The van der Waals surface area contributed by atoms with E-state index < -0.39 is 18.1 Å². The maximum absolute atomic E-state index is 12.4. The van der Waals surface area contributed by atoms with E-state index in [0.717, 1.165) is 0 Å². The molecule has 1 heterocycles. The molecule has 1 aliphatic rings. The molecular formula is C6H11F2NO. The Balaban J connectivity index is 2.43. The summed E-state index contributed by atoms with van der Waals surface area (Å²) >= 11 is 0. The molecule has 0 aromatic rings. The van der Waals surface area contributed by atoms with Gasteiger partial charge in [0.2, 0.25) is 0 Å². The van der Waals surface area contributed by atoms with Gasteiger partial charge in [-0.2, -0.15) is 0 Å². The summed E-state index contributed by atoms with van der Waals surface area (Å²) in [5, 5.41) is 11.4. The van der Waals surface area contributed by atoms with Crippen molar-refractivity contribution in [1.29, 1.82) is 0 Å². The molecule has 4 heteroatoms. The van der Waals surface area contributed by atoms with Gasteiger partial charge < -0.3 is 10.4 Å². The van der Waals surface area contributed by atoms with Crippen LogP contribution in [0.2, 0.25) is 0 Å². The number of rotatable bonds is 1. The Hall–Kier alpha value is -0.220. The highest BCUT2D eigenvalue weighted by atomic mass is 19.3. The van der Waals surface area contributed by atoms with E-state index in [4.69, 9.17) is 5.11 Å². The lowest BCUT2D eigenvalue weighted by Crippen LogP contribution is -2.32. The molecule has 10 heavy (non-hydrogen) atoms. The van der Waals surface area contributed by atoms with Gasteiger partial charge in [-0.15, -0.1) is 0 Å². The summed E-state index contributed by atoms with van der Waals surface area (Å²) in [6.07, 6.45) is -0.932. The summed E-state index contributed by atoms with van der Waals surface area (Å²) in [7, 11) is 0. The zero-order valence-corrected chi connectivity index (χ0v) is 5.77. The molecular weight excluding hydrogens is 140 g/mol. The average Bonchev–Trinajstić information content (AvgIpc) is 2.10. The van der Waals surface area contributed by atoms with Crippen LogP contribution in [0.4, 0.5) is 8.78 Å². The SMILES string of the molecule is C[C@H](O)[C@H]1CC(F)(F)CN1. The standard InChI is InChI=1S/C6H11F2NO/c1-4(10)5-2-6(7,8)3-9-5/h4-5,9-10H,2-3H2,1H3/t4-,5+/m0/s1. The summed E-state index contributed by atoms with van der Waals surface area (Å²) in [6.45, 7) is 1.21. The first-order valence-corrected chi connectivity index (χ1v) is 3.30. The van der Waals surface area contributed by atoms with Crippen LogP contribution in [0, 0.1) is 0 Å². The van der Waals surface area contributed by atoms with Crippen LogP contribution in [0.1, 0.15) is 13.3 Å². The van der Waals surface area contributed by atoms with Crippen LogP contribution < -0.4 is 5.32 Å². The number of aliphatic hydroxyl groups is 1. The molecule has 0 unspecified atom stereocenters. The Morgan fingerprint density at radius 2 is 2.30 bits per heavy atom. The second kappa shape index (κ2) is 2.43. The van der Waals surface area contributed by atoms with Gasteiger partial charge in [0, 0.05) is 12.5 Å². The molecule has 2 atom stereocenters. The summed E-state index contributed by atoms with van der Waals surface area (Å²) in [5.74, 6) is -2.62. The van der Waals surface area contributed by atoms with Gasteiger partial charge in [0.25, 0.3) is 5.92 Å². The molecule has 1 fully saturated rings. The Bertz CT molecular complexity index is 127. The minimum Gasteiger partial charge on any atom is -0.392 e. The van der Waals surface area contributed by atoms with Crippen molar-refractivity contribution in [3.63, 3.8) is 0 Å². The zero-order valence-electron chi connectivity index (χ0n) is 5.77. The van der Waals surface area contributed by atoms with Crippen LogP contribution in [-0.4, -0.2) is 29.7 Å². The fourth-order valence-electron chi connectivity index (χ4n) is 1.09. The highest BCUT2D eigenvalue weighted by Crippen LogP contribution is 2.26. The van der Waals surface area contributed by atoms with Crippen LogP contribution in [0.15, 0.2) is 0 Å². The molecule has 0 saturated carbocycles. The van der Waals surface area contributed by atoms with E-state index in [1.165, 1.54) is 6.92 Å². The van der Waals surface area contributed by atoms with Gasteiger partial charge in [-0.1, -0.05) is 0 Å². The predicted molar refractivity (Wildman–Crippen MR) is 33.0 cm³/mol. The van der Waals surface area contributed by atoms with Crippen molar-refractivity contribution in [1.82, 2.24) is 5.32 Å². The van der Waals surface area contributed by atoms with Crippen molar-refractivity contribution in [2.75, 3.05) is 6.54 Å². The molecule has 60 valence electrons. The van der Waals surface area contributed by atoms with Crippen molar-refractivity contribution >= 4 is 0 Å². The molecule has 0 aliphatic carbocycles. The van der Waals surface area contributed by atoms with Gasteiger partial charge in [0.15, 0.2) is 0 Å². The zero-order chi connectivity index (χ0) is 7.78. The van der Waals surface area contributed by atoms with E-state index in [0.29, 0.717) is 0 Å². The van der Waals surface area contributed by atoms with Crippen LogP contribution in [0.3, 0.4) is 0 Å². The molecule has 0 radical (unpaired) electrons. The monoisotopic (exact) mass is 151 g/mol. The van der Waals surface area contributed by atoms with E-state index in [-0.39, 0.29) is 13.0 Å². The van der Waals surface area contributed by atoms with Crippen molar-refractivity contribution in [3.8, 4) is 0 Å². The average molecular weight is 151 g/mol. The maximum Gasteiger partial charge on any atom is 0.261 e. The Labute approximate surface area is 58.2 Å². The van der Waals surface area contributed by atoms with Crippen molar-refractivity contribution in [2.45, 2.75) is 31.4 Å². The van der Waals surface area contributed by atoms with Gasteiger partial charge in [-0.25, -0.2) is 8.78 Å². The predicted octanol–water partition coefficient (Wildman–Crippen LogP) is 0.364. The lowest BCUT2D eigenvalue weighted by molar-refractivity contribution is 0.0155. The number of hydrogen-bond acceptors (Lipinski definition) is 2. The van der Waals surface area contributed by atoms with Crippen LogP contribution >= 0.6 is 0 Å². The minimum atomic E-state index is -2.62. The lowest BCUT2D eigenvalue weighted by Gasteiger charge is -2.12. The molecule has 0 aromatic heterocycles. The van der Waals surface area contributed by atoms with Crippen molar-refractivity contribution in [2.24, 2.45) is 0 Å².